The molecule has 108 valence electrons. The molecular weight excluding hydrogens is 270 g/mol. The number of aliphatic hydroxyl groups excluding tert-OH is 1. The molecule has 0 aliphatic rings. The summed E-state index contributed by atoms with van der Waals surface area (Å²) in [5, 5.41) is 17.4. The highest BCUT2D eigenvalue weighted by atomic mass is 16.2. The van der Waals surface area contributed by atoms with Gasteiger partial charge in [0, 0.05) is 12.8 Å². The molecule has 0 unspecified atom stereocenters. The van der Waals surface area contributed by atoms with Crippen LogP contribution in [-0.2, 0) is 13.0 Å². The van der Waals surface area contributed by atoms with Crippen molar-refractivity contribution in [1.29, 1.82) is 0 Å². The fraction of sp³-hybridized carbons (Fsp3) is 0.286. The zero-order chi connectivity index (χ0) is 14.7. The highest BCUT2D eigenvalue weighted by Crippen LogP contribution is 2.06. The Morgan fingerprint density at radius 1 is 1.29 bits per heavy atom. The first-order chi connectivity index (χ1) is 10.3. The molecule has 0 spiro atoms. The normalized spacial score (nSPS) is 11.1. The first kappa shape index (κ1) is 13.4. The number of aryl methyl sites for hydroxylation is 1. The van der Waals surface area contributed by atoms with Crippen molar-refractivity contribution in [2.45, 2.75) is 19.4 Å². The molecule has 3 aromatic rings. The van der Waals surface area contributed by atoms with Gasteiger partial charge in [0.25, 0.3) is 5.56 Å². The third-order valence-corrected chi connectivity index (χ3v) is 3.15. The summed E-state index contributed by atoms with van der Waals surface area (Å²) in [4.78, 5) is 19.1. The van der Waals surface area contributed by atoms with E-state index < -0.39 is 0 Å². The van der Waals surface area contributed by atoms with Gasteiger partial charge in [0.05, 0.1) is 16.6 Å². The second-order valence-electron chi connectivity index (χ2n) is 4.76. The van der Waals surface area contributed by atoms with Crippen LogP contribution < -0.4 is 5.56 Å². The van der Waals surface area contributed by atoms with Crippen LogP contribution in [0.15, 0.2) is 35.3 Å². The smallest absolute Gasteiger partial charge is 0.258 e. The van der Waals surface area contributed by atoms with E-state index in [2.05, 4.69) is 20.3 Å². The summed E-state index contributed by atoms with van der Waals surface area (Å²) in [6.07, 6.45) is 3.13. The lowest BCUT2D eigenvalue weighted by atomic mass is 10.2. The highest BCUT2D eigenvalue weighted by Gasteiger charge is 2.06. The Morgan fingerprint density at radius 3 is 3.00 bits per heavy atom. The Bertz CT molecular complexity index is 808. The number of hydrogen-bond acceptors (Lipinski definition) is 5. The van der Waals surface area contributed by atoms with Crippen molar-refractivity contribution >= 4 is 10.9 Å². The summed E-state index contributed by atoms with van der Waals surface area (Å²) in [6.45, 7) is 0.485. The SMILES string of the molecule is O=c1[nH]c(Cn2cc(CCCO)nn2)nc2ccccc12. The number of benzene rings is 1. The standard InChI is InChI=1S/C14H15N5O2/c20-7-3-4-10-8-19(18-17-10)9-13-15-12-6-2-1-5-11(12)14(21)16-13/h1-2,5-6,8,20H,3-4,7,9H2,(H,15,16,21). The Hall–Kier alpha value is -2.54. The first-order valence-electron chi connectivity index (χ1n) is 6.74. The van der Waals surface area contributed by atoms with E-state index in [0.29, 0.717) is 36.1 Å². The number of nitrogens with one attached hydrogen (secondary N) is 1. The second-order valence-corrected chi connectivity index (χ2v) is 4.76. The number of fused-ring (bicyclic) bond motifs is 1. The number of nitrogens with zero attached hydrogens (tertiary/aromatic N) is 4. The molecule has 2 heterocycles. The topological polar surface area (TPSA) is 96.7 Å². The zero-order valence-corrected chi connectivity index (χ0v) is 11.4. The van der Waals surface area contributed by atoms with Gasteiger partial charge in [-0.15, -0.1) is 5.10 Å². The second kappa shape index (κ2) is 5.84. The van der Waals surface area contributed by atoms with Crippen LogP contribution in [0, 0.1) is 0 Å². The zero-order valence-electron chi connectivity index (χ0n) is 11.4. The average molecular weight is 285 g/mol. The van der Waals surface area contributed by atoms with E-state index >= 15 is 0 Å². The van der Waals surface area contributed by atoms with Crippen molar-refractivity contribution in [3.05, 3.63) is 52.3 Å². The maximum Gasteiger partial charge on any atom is 0.258 e. The van der Waals surface area contributed by atoms with Gasteiger partial charge in [-0.3, -0.25) is 4.79 Å². The van der Waals surface area contributed by atoms with E-state index in [9.17, 15) is 4.79 Å². The molecule has 0 aliphatic carbocycles. The molecule has 0 radical (unpaired) electrons. The van der Waals surface area contributed by atoms with Crippen LogP contribution in [0.25, 0.3) is 10.9 Å². The van der Waals surface area contributed by atoms with Crippen molar-refractivity contribution in [2.75, 3.05) is 6.61 Å². The molecule has 0 amide bonds. The van der Waals surface area contributed by atoms with Crippen LogP contribution >= 0.6 is 0 Å². The summed E-state index contributed by atoms with van der Waals surface area (Å²) in [5.41, 5.74) is 1.32. The lowest BCUT2D eigenvalue weighted by Crippen LogP contribution is -2.14. The van der Waals surface area contributed by atoms with Crippen LogP contribution in [0.2, 0.25) is 0 Å². The van der Waals surface area contributed by atoms with Crippen LogP contribution in [0.5, 0.6) is 0 Å². The van der Waals surface area contributed by atoms with E-state index in [0.717, 1.165) is 5.69 Å². The highest BCUT2D eigenvalue weighted by molar-refractivity contribution is 5.77. The van der Waals surface area contributed by atoms with Crippen LogP contribution in [0.3, 0.4) is 0 Å². The van der Waals surface area contributed by atoms with Crippen LogP contribution in [0.4, 0.5) is 0 Å². The third-order valence-electron chi connectivity index (χ3n) is 3.15. The molecule has 2 aromatic heterocycles. The Morgan fingerprint density at radius 2 is 2.14 bits per heavy atom. The molecule has 21 heavy (non-hydrogen) atoms. The predicted octanol–water partition coefficient (Wildman–Crippen LogP) is 0.488. The molecule has 1 aromatic carbocycles. The molecule has 0 aliphatic heterocycles. The van der Waals surface area contributed by atoms with Crippen molar-refractivity contribution in [2.24, 2.45) is 0 Å². The van der Waals surface area contributed by atoms with Crippen LogP contribution in [0.1, 0.15) is 17.9 Å². The van der Waals surface area contributed by atoms with Gasteiger partial charge in [0.2, 0.25) is 0 Å². The number of aliphatic hydroxyl groups is 1. The summed E-state index contributed by atoms with van der Waals surface area (Å²) >= 11 is 0. The molecule has 0 atom stereocenters. The minimum absolute atomic E-state index is 0.131. The fourth-order valence-corrected chi connectivity index (χ4v) is 2.15. The number of hydrogen-bond donors (Lipinski definition) is 2. The maximum absolute atomic E-state index is 12.0. The monoisotopic (exact) mass is 285 g/mol. The van der Waals surface area contributed by atoms with E-state index in [1.54, 1.807) is 16.9 Å². The Balaban J connectivity index is 1.84. The molecule has 0 fully saturated rings. The van der Waals surface area contributed by atoms with E-state index in [-0.39, 0.29) is 12.2 Å². The van der Waals surface area contributed by atoms with Crippen molar-refractivity contribution in [3.8, 4) is 0 Å². The summed E-state index contributed by atoms with van der Waals surface area (Å²) in [6, 6.07) is 7.21. The summed E-state index contributed by atoms with van der Waals surface area (Å²) in [7, 11) is 0. The molecule has 7 nitrogen and oxygen atoms in total. The van der Waals surface area contributed by atoms with Gasteiger partial charge >= 0.3 is 0 Å². The number of rotatable bonds is 5. The lowest BCUT2D eigenvalue weighted by Gasteiger charge is -2.02. The van der Waals surface area contributed by atoms with Crippen molar-refractivity contribution in [1.82, 2.24) is 25.0 Å². The average Bonchev–Trinajstić information content (AvgIpc) is 2.92. The largest absolute Gasteiger partial charge is 0.396 e. The van der Waals surface area contributed by atoms with Gasteiger partial charge in [-0.25, -0.2) is 9.67 Å². The Kier molecular flexibility index (Phi) is 3.74. The van der Waals surface area contributed by atoms with Crippen molar-refractivity contribution in [3.63, 3.8) is 0 Å². The minimum atomic E-state index is -0.156. The Labute approximate surface area is 120 Å². The molecule has 0 bridgehead atoms. The molecular formula is C14H15N5O2. The third kappa shape index (κ3) is 2.97. The number of aromatic nitrogens is 5. The molecule has 0 saturated heterocycles. The number of para-hydroxylation sites is 1. The lowest BCUT2D eigenvalue weighted by molar-refractivity contribution is 0.288. The van der Waals surface area contributed by atoms with E-state index in [1.807, 2.05) is 18.2 Å². The molecule has 2 N–H and O–H groups in total. The van der Waals surface area contributed by atoms with E-state index in [1.165, 1.54) is 0 Å². The summed E-state index contributed by atoms with van der Waals surface area (Å²) in [5.74, 6) is 0.539. The number of H-pyrrole nitrogens is 1. The van der Waals surface area contributed by atoms with Gasteiger partial charge in [-0.05, 0) is 25.0 Å². The van der Waals surface area contributed by atoms with Gasteiger partial charge in [-0.1, -0.05) is 17.3 Å². The molecule has 3 rings (SSSR count). The van der Waals surface area contributed by atoms with E-state index in [4.69, 9.17) is 5.11 Å². The van der Waals surface area contributed by atoms with Gasteiger partial charge < -0.3 is 10.1 Å². The van der Waals surface area contributed by atoms with Crippen molar-refractivity contribution < 1.29 is 5.11 Å². The first-order valence-corrected chi connectivity index (χ1v) is 6.74. The van der Waals surface area contributed by atoms with Gasteiger partial charge in [0.1, 0.15) is 12.4 Å². The molecule has 7 heteroatoms. The van der Waals surface area contributed by atoms with Crippen LogP contribution in [-0.4, -0.2) is 36.7 Å². The predicted molar refractivity (Wildman–Crippen MR) is 76.9 cm³/mol. The van der Waals surface area contributed by atoms with Gasteiger partial charge in [0.15, 0.2) is 0 Å². The maximum atomic E-state index is 12.0. The minimum Gasteiger partial charge on any atom is -0.396 e. The quantitative estimate of drug-likeness (QED) is 0.711. The summed E-state index contributed by atoms with van der Waals surface area (Å²) < 4.78 is 1.62. The van der Waals surface area contributed by atoms with Gasteiger partial charge in [-0.2, -0.15) is 0 Å². The fourth-order valence-electron chi connectivity index (χ4n) is 2.15. The molecule has 0 saturated carbocycles. The number of aromatic amines is 1.